The van der Waals surface area contributed by atoms with Crippen LogP contribution in [-0.2, 0) is 14.3 Å². The lowest BCUT2D eigenvalue weighted by Gasteiger charge is -2.18. The fourth-order valence-electron chi connectivity index (χ4n) is 2.18. The van der Waals surface area contributed by atoms with Gasteiger partial charge in [-0.25, -0.2) is 9.59 Å². The minimum absolute atomic E-state index is 0.0296. The first-order valence-electron chi connectivity index (χ1n) is 7.49. The Morgan fingerprint density at radius 1 is 1.19 bits per heavy atom. The summed E-state index contributed by atoms with van der Waals surface area (Å²) in [4.78, 5) is 22.6. The first kappa shape index (κ1) is 20.0. The highest BCUT2D eigenvalue weighted by Gasteiger charge is 2.43. The Kier molecular flexibility index (Phi) is 5.58. The molecule has 0 aromatic heterocycles. The zero-order valence-electron chi connectivity index (χ0n) is 14.2. The van der Waals surface area contributed by atoms with E-state index in [1.807, 2.05) is 0 Å². The molecule has 0 fully saturated rings. The van der Waals surface area contributed by atoms with E-state index in [2.05, 4.69) is 4.74 Å². The molecule has 0 heterocycles. The van der Waals surface area contributed by atoms with Crippen molar-refractivity contribution in [1.82, 2.24) is 0 Å². The van der Waals surface area contributed by atoms with Crippen molar-refractivity contribution in [3.05, 3.63) is 35.9 Å². The summed E-state index contributed by atoms with van der Waals surface area (Å²) in [5.41, 5.74) is 5.83. The van der Waals surface area contributed by atoms with Gasteiger partial charge in [-0.2, -0.15) is 13.2 Å². The maximum atomic E-state index is 12.2. The molecule has 0 radical (unpaired) electrons. The van der Waals surface area contributed by atoms with E-state index in [0.717, 1.165) is 6.92 Å². The summed E-state index contributed by atoms with van der Waals surface area (Å²) in [6.45, 7) is 1.12. The number of rotatable bonds is 5. The number of carbonyl (C=O) groups is 2. The second-order valence-electron chi connectivity index (χ2n) is 5.41. The van der Waals surface area contributed by atoms with Crippen molar-refractivity contribution in [2.24, 2.45) is 5.73 Å². The molecule has 27 heavy (non-hydrogen) atoms. The van der Waals surface area contributed by atoms with Gasteiger partial charge in [0.25, 0.3) is 0 Å². The standard InChI is InChI=1S/C17H15F3N2O5/c1-8(15(23)27-16(24)17(18,19)20)26-13-11-7-10(14(21)22)4-3-9(11)5-6-12(13)25-2/h3-8H,1-2H3,(H3,21,22). The molecule has 144 valence electrons. The molecular weight excluding hydrogens is 369 g/mol. The number of esters is 2. The van der Waals surface area contributed by atoms with Crippen molar-refractivity contribution in [2.45, 2.75) is 19.2 Å². The van der Waals surface area contributed by atoms with Crippen LogP contribution in [0.3, 0.4) is 0 Å². The van der Waals surface area contributed by atoms with Crippen molar-refractivity contribution in [3.63, 3.8) is 0 Å². The van der Waals surface area contributed by atoms with Gasteiger partial charge in [-0.15, -0.1) is 0 Å². The van der Waals surface area contributed by atoms with E-state index >= 15 is 0 Å². The smallest absolute Gasteiger partial charge is 0.491 e. The summed E-state index contributed by atoms with van der Waals surface area (Å²) in [7, 11) is 1.33. The molecule has 0 saturated heterocycles. The normalized spacial score (nSPS) is 12.3. The summed E-state index contributed by atoms with van der Waals surface area (Å²) in [5, 5.41) is 8.56. The molecule has 2 aromatic rings. The van der Waals surface area contributed by atoms with Crippen LogP contribution in [0.25, 0.3) is 10.8 Å². The Morgan fingerprint density at radius 3 is 2.37 bits per heavy atom. The van der Waals surface area contributed by atoms with Crippen molar-refractivity contribution in [3.8, 4) is 11.5 Å². The minimum Gasteiger partial charge on any atom is -0.493 e. The molecule has 0 amide bonds. The van der Waals surface area contributed by atoms with E-state index in [4.69, 9.17) is 20.6 Å². The van der Waals surface area contributed by atoms with Crippen LogP contribution >= 0.6 is 0 Å². The average Bonchev–Trinajstić information content (AvgIpc) is 2.60. The van der Waals surface area contributed by atoms with E-state index in [0.29, 0.717) is 16.3 Å². The summed E-state index contributed by atoms with van der Waals surface area (Å²) in [6.07, 6.45) is -6.85. The third kappa shape index (κ3) is 4.46. The first-order valence-corrected chi connectivity index (χ1v) is 7.49. The predicted octanol–water partition coefficient (Wildman–Crippen LogP) is 2.53. The lowest BCUT2D eigenvalue weighted by Crippen LogP contribution is -2.34. The zero-order valence-corrected chi connectivity index (χ0v) is 14.2. The van der Waals surface area contributed by atoms with Crippen molar-refractivity contribution in [2.75, 3.05) is 7.11 Å². The molecule has 1 unspecified atom stereocenters. The van der Waals surface area contributed by atoms with Crippen LogP contribution in [-0.4, -0.2) is 37.2 Å². The first-order chi connectivity index (χ1) is 12.5. The molecule has 0 spiro atoms. The number of nitrogen functional groups attached to an aromatic ring is 1. The number of halogens is 3. The molecule has 10 heteroatoms. The minimum atomic E-state index is -5.30. The van der Waals surface area contributed by atoms with Gasteiger partial charge < -0.3 is 19.9 Å². The lowest BCUT2D eigenvalue weighted by molar-refractivity contribution is -0.203. The topological polar surface area (TPSA) is 112 Å². The number of hydrogen-bond donors (Lipinski definition) is 2. The molecule has 0 aliphatic rings. The fourth-order valence-corrected chi connectivity index (χ4v) is 2.18. The van der Waals surface area contributed by atoms with E-state index in [9.17, 15) is 22.8 Å². The van der Waals surface area contributed by atoms with Gasteiger partial charge in [0.2, 0.25) is 0 Å². The quantitative estimate of drug-likeness (QED) is 0.355. The van der Waals surface area contributed by atoms with E-state index < -0.39 is 24.2 Å². The summed E-state index contributed by atoms with van der Waals surface area (Å²) >= 11 is 0. The van der Waals surface area contributed by atoms with E-state index in [1.54, 1.807) is 18.2 Å². The summed E-state index contributed by atoms with van der Waals surface area (Å²) in [5.74, 6) is -4.15. The molecule has 2 aromatic carbocycles. The Bertz CT molecular complexity index is 911. The molecular formula is C17H15F3N2O5. The molecule has 0 bridgehead atoms. The maximum absolute atomic E-state index is 12.2. The number of hydrogen-bond acceptors (Lipinski definition) is 6. The Balaban J connectivity index is 2.38. The predicted molar refractivity (Wildman–Crippen MR) is 88.8 cm³/mol. The van der Waals surface area contributed by atoms with Crippen molar-refractivity contribution in [1.29, 1.82) is 5.41 Å². The maximum Gasteiger partial charge on any atom is 0.491 e. The monoisotopic (exact) mass is 384 g/mol. The summed E-state index contributed by atoms with van der Waals surface area (Å²) in [6, 6.07) is 7.97. The van der Waals surface area contributed by atoms with Crippen LogP contribution in [0.4, 0.5) is 13.2 Å². The Labute approximate surface area is 151 Å². The number of benzene rings is 2. The molecule has 3 N–H and O–H groups in total. The van der Waals surface area contributed by atoms with Gasteiger partial charge in [-0.1, -0.05) is 18.2 Å². The third-order valence-electron chi connectivity index (χ3n) is 3.52. The van der Waals surface area contributed by atoms with Gasteiger partial charge in [0, 0.05) is 10.9 Å². The SMILES string of the molecule is COc1ccc2ccc(C(=N)N)cc2c1OC(C)C(=O)OC(=O)C(F)(F)F. The number of nitrogens with two attached hydrogens (primary N) is 1. The molecule has 2 rings (SSSR count). The van der Waals surface area contributed by atoms with Gasteiger partial charge in [0.15, 0.2) is 17.6 Å². The molecule has 0 aliphatic carbocycles. The number of alkyl halides is 3. The van der Waals surface area contributed by atoms with Gasteiger partial charge in [0.1, 0.15) is 5.84 Å². The number of carbonyl (C=O) groups excluding carboxylic acids is 2. The zero-order chi connectivity index (χ0) is 20.4. The Hall–Kier alpha value is -3.30. The van der Waals surface area contributed by atoms with Gasteiger partial charge in [-0.05, 0) is 24.4 Å². The lowest BCUT2D eigenvalue weighted by atomic mass is 10.0. The Morgan fingerprint density at radius 2 is 1.81 bits per heavy atom. The van der Waals surface area contributed by atoms with Gasteiger partial charge in [-0.3, -0.25) is 5.41 Å². The highest BCUT2D eigenvalue weighted by Crippen LogP contribution is 2.37. The molecule has 1 atom stereocenters. The number of amidine groups is 1. The third-order valence-corrected chi connectivity index (χ3v) is 3.52. The fraction of sp³-hybridized carbons (Fsp3) is 0.235. The van der Waals surface area contributed by atoms with E-state index in [1.165, 1.54) is 19.2 Å². The van der Waals surface area contributed by atoms with Crippen LogP contribution in [0.5, 0.6) is 11.5 Å². The highest BCUT2D eigenvalue weighted by atomic mass is 19.4. The van der Waals surface area contributed by atoms with E-state index in [-0.39, 0.29) is 17.3 Å². The van der Waals surface area contributed by atoms with Crippen LogP contribution in [0, 0.1) is 5.41 Å². The molecule has 7 nitrogen and oxygen atoms in total. The number of methoxy groups -OCH3 is 1. The second-order valence-corrected chi connectivity index (χ2v) is 5.41. The largest absolute Gasteiger partial charge is 0.493 e. The number of ether oxygens (including phenoxy) is 3. The van der Waals surface area contributed by atoms with Gasteiger partial charge >= 0.3 is 18.1 Å². The van der Waals surface area contributed by atoms with Crippen LogP contribution < -0.4 is 15.2 Å². The highest BCUT2D eigenvalue weighted by molar-refractivity contribution is 6.01. The number of nitrogens with one attached hydrogen (secondary N) is 1. The second kappa shape index (κ2) is 7.52. The van der Waals surface area contributed by atoms with Crippen LogP contribution in [0.1, 0.15) is 12.5 Å². The number of fused-ring (bicyclic) bond motifs is 1. The average molecular weight is 384 g/mol. The van der Waals surface area contributed by atoms with Crippen molar-refractivity contribution >= 4 is 28.5 Å². The molecule has 0 aliphatic heterocycles. The van der Waals surface area contributed by atoms with Crippen LogP contribution in [0.15, 0.2) is 30.3 Å². The summed E-state index contributed by atoms with van der Waals surface area (Å²) < 4.78 is 51.0. The van der Waals surface area contributed by atoms with Crippen molar-refractivity contribution < 1.29 is 37.0 Å². The van der Waals surface area contributed by atoms with Gasteiger partial charge in [0.05, 0.1) is 7.11 Å². The molecule has 0 saturated carbocycles. The van der Waals surface area contributed by atoms with Crippen LogP contribution in [0.2, 0.25) is 0 Å².